The van der Waals surface area contributed by atoms with Gasteiger partial charge in [0, 0.05) is 43.5 Å². The second-order valence-electron chi connectivity index (χ2n) is 8.56. The minimum absolute atomic E-state index is 0.0978. The van der Waals surface area contributed by atoms with Gasteiger partial charge in [-0.3, -0.25) is 9.69 Å². The Hall–Kier alpha value is -3.27. The van der Waals surface area contributed by atoms with Crippen LogP contribution in [-0.2, 0) is 22.4 Å². The van der Waals surface area contributed by atoms with E-state index in [4.69, 9.17) is 9.72 Å². The number of pyridine rings is 1. The number of ether oxygens (including phenoxy) is 1. The summed E-state index contributed by atoms with van der Waals surface area (Å²) in [4.78, 5) is 28.8. The number of rotatable bonds is 15. The number of nitrogens with zero attached hydrogens (tertiary/aromatic N) is 2. The monoisotopic (exact) mass is 520 g/mol. The third-order valence-electron chi connectivity index (χ3n) is 5.92. The first-order valence-corrected chi connectivity index (χ1v) is 12.9. The van der Waals surface area contributed by atoms with E-state index in [1.54, 1.807) is 0 Å². The summed E-state index contributed by atoms with van der Waals surface area (Å²) >= 11 is 0. The lowest BCUT2D eigenvalue weighted by Gasteiger charge is -2.24. The van der Waals surface area contributed by atoms with Gasteiger partial charge in [0.15, 0.2) is 0 Å². The first kappa shape index (κ1) is 30.0. The number of fused-ring (bicyclic) bond motifs is 1. The van der Waals surface area contributed by atoms with Crippen LogP contribution in [0.3, 0.4) is 0 Å². The quantitative estimate of drug-likeness (QED) is 0.241. The number of benzene rings is 1. The Bertz CT molecular complexity index is 973. The number of carbonyl (C=O) groups excluding carboxylic acids is 1. The molecule has 0 saturated carbocycles. The van der Waals surface area contributed by atoms with E-state index in [0.29, 0.717) is 26.0 Å². The average Bonchev–Trinajstić information content (AvgIpc) is 2.88. The molecule has 8 nitrogen and oxygen atoms in total. The van der Waals surface area contributed by atoms with Gasteiger partial charge in [-0.1, -0.05) is 19.9 Å². The number of hydrogen-bond acceptors (Lipinski definition) is 6. The Morgan fingerprint density at radius 2 is 1.95 bits per heavy atom. The van der Waals surface area contributed by atoms with Crippen LogP contribution in [0, 0.1) is 11.6 Å². The van der Waals surface area contributed by atoms with Gasteiger partial charge in [-0.2, -0.15) is 0 Å². The normalized spacial score (nSPS) is 13.0. The first-order valence-electron chi connectivity index (χ1n) is 12.9. The molecule has 0 aliphatic carbocycles. The molecule has 1 aromatic heterocycles. The second kappa shape index (κ2) is 16.5. The molecule has 2 heterocycles. The number of anilines is 1. The maximum Gasteiger partial charge on any atom is 0.326 e. The van der Waals surface area contributed by atoms with Crippen molar-refractivity contribution in [2.24, 2.45) is 0 Å². The van der Waals surface area contributed by atoms with E-state index in [-0.39, 0.29) is 18.8 Å². The second-order valence-corrected chi connectivity index (χ2v) is 8.56. The smallest absolute Gasteiger partial charge is 0.326 e. The molecule has 1 aliphatic heterocycles. The SMILES string of the molecule is CC.O=CNC(CCN(CCCCc1ccc2c(n1)NCCC2)CCOc1cc(F)cc(F)c1)C(=O)O. The van der Waals surface area contributed by atoms with Crippen molar-refractivity contribution >= 4 is 18.2 Å². The van der Waals surface area contributed by atoms with Gasteiger partial charge >= 0.3 is 5.97 Å². The van der Waals surface area contributed by atoms with Crippen LogP contribution in [-0.4, -0.2) is 66.2 Å². The molecule has 0 fully saturated rings. The number of nitrogens with one attached hydrogen (secondary N) is 2. The van der Waals surface area contributed by atoms with Gasteiger partial charge in [0.25, 0.3) is 0 Å². The maximum atomic E-state index is 13.4. The molecule has 204 valence electrons. The number of aryl methyl sites for hydroxylation is 2. The van der Waals surface area contributed by atoms with Crippen LogP contribution >= 0.6 is 0 Å². The molecule has 0 spiro atoms. The van der Waals surface area contributed by atoms with Crippen molar-refractivity contribution in [2.75, 3.05) is 38.1 Å². The number of carbonyl (C=O) groups is 2. The van der Waals surface area contributed by atoms with E-state index in [2.05, 4.69) is 22.8 Å². The van der Waals surface area contributed by atoms with Crippen molar-refractivity contribution < 1.29 is 28.2 Å². The molecule has 1 atom stereocenters. The standard InChI is InChI=1S/C25H32F2N4O4.C2H6/c26-19-14-20(27)16-22(15-19)35-13-12-31(11-8-23(25(33)34)29-17-32)10-2-1-5-21-7-6-18-4-3-9-28-24(18)30-21;1-2/h6-7,14-17,23H,1-5,8-13H2,(H,28,30)(H,29,32)(H,33,34);1-2H3. The average molecular weight is 521 g/mol. The van der Waals surface area contributed by atoms with Crippen molar-refractivity contribution in [3.8, 4) is 5.75 Å². The van der Waals surface area contributed by atoms with Crippen LogP contribution in [0.2, 0.25) is 0 Å². The van der Waals surface area contributed by atoms with Crippen LogP contribution in [0.5, 0.6) is 5.75 Å². The molecule has 2 aromatic rings. The summed E-state index contributed by atoms with van der Waals surface area (Å²) in [7, 11) is 0. The third-order valence-corrected chi connectivity index (χ3v) is 5.92. The predicted octanol–water partition coefficient (Wildman–Crippen LogP) is 4.04. The summed E-state index contributed by atoms with van der Waals surface area (Å²) in [5.74, 6) is -1.46. The van der Waals surface area contributed by atoms with Gasteiger partial charge in [-0.05, 0) is 56.7 Å². The maximum absolute atomic E-state index is 13.4. The Labute approximate surface area is 217 Å². The number of carboxylic acids is 1. The summed E-state index contributed by atoms with van der Waals surface area (Å²) in [6.45, 7) is 6.66. The predicted molar refractivity (Wildman–Crippen MR) is 139 cm³/mol. The Morgan fingerprint density at radius 1 is 1.19 bits per heavy atom. The van der Waals surface area contributed by atoms with E-state index in [9.17, 15) is 23.5 Å². The number of hydrogen-bond donors (Lipinski definition) is 3. The zero-order chi connectivity index (χ0) is 27.0. The minimum atomic E-state index is -1.10. The zero-order valence-electron chi connectivity index (χ0n) is 21.6. The molecule has 37 heavy (non-hydrogen) atoms. The van der Waals surface area contributed by atoms with Gasteiger partial charge in [-0.15, -0.1) is 0 Å². The number of unbranched alkanes of at least 4 members (excludes halogenated alkanes) is 1. The van der Waals surface area contributed by atoms with Crippen molar-refractivity contribution in [3.05, 3.63) is 53.2 Å². The first-order chi connectivity index (χ1) is 17.9. The van der Waals surface area contributed by atoms with E-state index in [1.165, 1.54) is 5.56 Å². The lowest BCUT2D eigenvalue weighted by atomic mass is 10.1. The van der Waals surface area contributed by atoms with Crippen LogP contribution in [0.25, 0.3) is 0 Å². The van der Waals surface area contributed by atoms with Gasteiger partial charge < -0.3 is 20.5 Å². The molecule has 10 heteroatoms. The highest BCUT2D eigenvalue weighted by molar-refractivity contribution is 5.76. The summed E-state index contributed by atoms with van der Waals surface area (Å²) in [5.41, 5.74) is 2.28. The zero-order valence-corrected chi connectivity index (χ0v) is 21.6. The summed E-state index contributed by atoms with van der Waals surface area (Å²) in [6, 6.07) is 6.22. The lowest BCUT2D eigenvalue weighted by molar-refractivity contribution is -0.140. The van der Waals surface area contributed by atoms with Gasteiger partial charge in [0.1, 0.15) is 35.9 Å². The van der Waals surface area contributed by atoms with Crippen LogP contribution in [0.4, 0.5) is 14.6 Å². The number of carboxylic acid groups (broad SMARTS) is 1. The molecule has 0 saturated heterocycles. The molecule has 1 aromatic carbocycles. The Kier molecular flexibility index (Phi) is 13.3. The van der Waals surface area contributed by atoms with E-state index < -0.39 is 23.6 Å². The van der Waals surface area contributed by atoms with Gasteiger partial charge in [0.2, 0.25) is 6.41 Å². The van der Waals surface area contributed by atoms with Crippen molar-refractivity contribution in [2.45, 2.75) is 58.4 Å². The Morgan fingerprint density at radius 3 is 2.65 bits per heavy atom. The molecule has 0 radical (unpaired) electrons. The molecule has 1 amide bonds. The number of halogens is 2. The fourth-order valence-corrected chi connectivity index (χ4v) is 4.06. The largest absolute Gasteiger partial charge is 0.492 e. The fourth-order valence-electron chi connectivity index (χ4n) is 4.06. The highest BCUT2D eigenvalue weighted by Gasteiger charge is 2.18. The summed E-state index contributed by atoms with van der Waals surface area (Å²) < 4.78 is 32.3. The van der Waals surface area contributed by atoms with Gasteiger partial charge in [0.05, 0.1) is 0 Å². The molecular formula is C27H38F2N4O4. The van der Waals surface area contributed by atoms with Crippen molar-refractivity contribution in [1.29, 1.82) is 0 Å². The van der Waals surface area contributed by atoms with Crippen LogP contribution in [0.15, 0.2) is 30.3 Å². The Balaban J connectivity index is 0.00000235. The summed E-state index contributed by atoms with van der Waals surface area (Å²) in [5, 5.41) is 14.9. The number of amides is 1. The number of aliphatic carboxylic acids is 1. The minimum Gasteiger partial charge on any atom is -0.492 e. The molecule has 0 bridgehead atoms. The molecular weight excluding hydrogens is 482 g/mol. The van der Waals surface area contributed by atoms with Crippen molar-refractivity contribution in [1.82, 2.24) is 15.2 Å². The van der Waals surface area contributed by atoms with Crippen molar-refractivity contribution in [3.63, 3.8) is 0 Å². The lowest BCUT2D eigenvalue weighted by Crippen LogP contribution is -2.40. The number of aromatic nitrogens is 1. The topological polar surface area (TPSA) is 104 Å². The summed E-state index contributed by atoms with van der Waals surface area (Å²) in [6.07, 6.45) is 5.34. The molecule has 1 aliphatic rings. The molecule has 1 unspecified atom stereocenters. The van der Waals surface area contributed by atoms with E-state index in [0.717, 1.165) is 68.4 Å². The highest BCUT2D eigenvalue weighted by atomic mass is 19.1. The fraction of sp³-hybridized carbons (Fsp3) is 0.519. The molecule has 3 N–H and O–H groups in total. The highest BCUT2D eigenvalue weighted by Crippen LogP contribution is 2.20. The van der Waals surface area contributed by atoms with E-state index >= 15 is 0 Å². The van der Waals surface area contributed by atoms with Crippen LogP contribution in [0.1, 0.15) is 50.8 Å². The van der Waals surface area contributed by atoms with Crippen LogP contribution < -0.4 is 15.4 Å². The van der Waals surface area contributed by atoms with E-state index in [1.807, 2.05) is 18.7 Å². The third kappa shape index (κ3) is 10.7. The van der Waals surface area contributed by atoms with Gasteiger partial charge in [-0.25, -0.2) is 18.6 Å². The molecule has 3 rings (SSSR count).